The topological polar surface area (TPSA) is 154 Å². The van der Waals surface area contributed by atoms with Gasteiger partial charge in [0, 0.05) is 6.61 Å². The van der Waals surface area contributed by atoms with E-state index in [0.29, 0.717) is 6.61 Å². The first-order chi connectivity index (χ1) is 12.1. The molecular weight excluding hydrogens is 328 g/mol. The Bertz CT molecular complexity index is 729. The number of hydrogen-bond acceptors (Lipinski definition) is 8. The predicted octanol–water partition coefficient (Wildman–Crippen LogP) is 0.216. The number of hydrogen-bond donors (Lipinski definition) is 4. The van der Waals surface area contributed by atoms with E-state index in [1.807, 2.05) is 0 Å². The number of ether oxygens (including phenoxy) is 2. The zero-order chi connectivity index (χ0) is 18.2. The molecule has 0 aliphatic rings. The van der Waals surface area contributed by atoms with Crippen molar-refractivity contribution in [2.24, 2.45) is 0 Å². The van der Waals surface area contributed by atoms with Crippen LogP contribution in [0.15, 0.2) is 4.79 Å². The minimum Gasteiger partial charge on any atom is -0.394 e. The van der Waals surface area contributed by atoms with Crippen molar-refractivity contribution in [1.29, 1.82) is 0 Å². The first kappa shape index (κ1) is 19.2. The Kier molecular flexibility index (Phi) is 7.16. The number of nitrogens with one attached hydrogen (secondary N) is 1. The first-order valence-electron chi connectivity index (χ1n) is 8.38. The van der Waals surface area contributed by atoms with E-state index in [4.69, 9.17) is 20.9 Å². The van der Waals surface area contributed by atoms with Crippen LogP contribution >= 0.6 is 0 Å². The SMILES string of the molecule is CCCCCCOCC(CO)OCn1c(N)nc2c(=O)[nH]c(N)nc21. The Balaban J connectivity index is 1.92. The van der Waals surface area contributed by atoms with Crippen LogP contribution in [0.3, 0.4) is 0 Å². The molecular formula is C15H26N6O4. The van der Waals surface area contributed by atoms with Gasteiger partial charge in [-0.15, -0.1) is 0 Å². The summed E-state index contributed by atoms with van der Waals surface area (Å²) in [6.45, 7) is 2.83. The zero-order valence-electron chi connectivity index (χ0n) is 14.4. The van der Waals surface area contributed by atoms with Crippen LogP contribution < -0.4 is 17.0 Å². The molecule has 10 nitrogen and oxygen atoms in total. The van der Waals surface area contributed by atoms with E-state index >= 15 is 0 Å². The number of imidazole rings is 1. The Morgan fingerprint density at radius 2 is 2.08 bits per heavy atom. The van der Waals surface area contributed by atoms with Gasteiger partial charge in [0.2, 0.25) is 11.9 Å². The molecule has 0 aliphatic carbocycles. The summed E-state index contributed by atoms with van der Waals surface area (Å²) in [5, 5.41) is 9.41. The minimum atomic E-state index is -0.512. The lowest BCUT2D eigenvalue weighted by atomic mass is 10.2. The van der Waals surface area contributed by atoms with Gasteiger partial charge >= 0.3 is 0 Å². The van der Waals surface area contributed by atoms with Crippen molar-refractivity contribution in [3.63, 3.8) is 0 Å². The predicted molar refractivity (Wildman–Crippen MR) is 93.9 cm³/mol. The number of anilines is 2. The Hall–Kier alpha value is -2.17. The van der Waals surface area contributed by atoms with Crippen molar-refractivity contribution in [2.75, 3.05) is 31.3 Å². The number of H-pyrrole nitrogens is 1. The quantitative estimate of drug-likeness (QED) is 0.418. The number of aromatic nitrogens is 4. The number of nitrogens with zero attached hydrogens (tertiary/aromatic N) is 3. The fourth-order valence-electron chi connectivity index (χ4n) is 2.35. The van der Waals surface area contributed by atoms with Gasteiger partial charge in [0.25, 0.3) is 5.56 Å². The van der Waals surface area contributed by atoms with Crippen LogP contribution in [0.4, 0.5) is 11.9 Å². The number of nitrogens with two attached hydrogens (primary N) is 2. The largest absolute Gasteiger partial charge is 0.394 e. The lowest BCUT2D eigenvalue weighted by Crippen LogP contribution is -2.26. The molecule has 2 aromatic rings. The number of aliphatic hydroxyl groups excluding tert-OH is 1. The molecule has 0 bridgehead atoms. The fourth-order valence-corrected chi connectivity index (χ4v) is 2.35. The third kappa shape index (κ3) is 5.15. The normalized spacial score (nSPS) is 12.7. The maximum atomic E-state index is 11.8. The highest BCUT2D eigenvalue weighted by atomic mass is 16.5. The van der Waals surface area contributed by atoms with Gasteiger partial charge in [0.1, 0.15) is 12.8 Å². The molecule has 0 fully saturated rings. The molecule has 0 radical (unpaired) electrons. The molecule has 1 atom stereocenters. The summed E-state index contributed by atoms with van der Waals surface area (Å²) in [6, 6.07) is 0. The van der Waals surface area contributed by atoms with E-state index in [-0.39, 0.29) is 43.0 Å². The van der Waals surface area contributed by atoms with Crippen LogP contribution in [0.25, 0.3) is 11.2 Å². The monoisotopic (exact) mass is 354 g/mol. The highest BCUT2D eigenvalue weighted by Crippen LogP contribution is 2.13. The van der Waals surface area contributed by atoms with Gasteiger partial charge in [-0.2, -0.15) is 4.98 Å². The lowest BCUT2D eigenvalue weighted by Gasteiger charge is -2.16. The summed E-state index contributed by atoms with van der Waals surface area (Å²) >= 11 is 0. The van der Waals surface area contributed by atoms with Crippen LogP contribution in [0, 0.1) is 0 Å². The van der Waals surface area contributed by atoms with E-state index in [9.17, 15) is 9.90 Å². The van der Waals surface area contributed by atoms with E-state index in [1.54, 1.807) is 0 Å². The smallest absolute Gasteiger partial charge is 0.280 e. The van der Waals surface area contributed by atoms with Gasteiger partial charge in [-0.25, -0.2) is 4.98 Å². The van der Waals surface area contributed by atoms with Gasteiger partial charge in [-0.05, 0) is 6.42 Å². The molecule has 140 valence electrons. The van der Waals surface area contributed by atoms with Crippen LogP contribution in [-0.4, -0.2) is 50.6 Å². The molecule has 10 heteroatoms. The number of aliphatic hydroxyl groups is 1. The second-order valence-corrected chi connectivity index (χ2v) is 5.76. The van der Waals surface area contributed by atoms with E-state index in [0.717, 1.165) is 12.8 Å². The molecule has 25 heavy (non-hydrogen) atoms. The molecule has 2 aromatic heterocycles. The van der Waals surface area contributed by atoms with E-state index in [2.05, 4.69) is 21.9 Å². The van der Waals surface area contributed by atoms with E-state index < -0.39 is 11.7 Å². The number of rotatable bonds is 11. The van der Waals surface area contributed by atoms with Gasteiger partial charge in [0.05, 0.1) is 13.2 Å². The summed E-state index contributed by atoms with van der Waals surface area (Å²) in [7, 11) is 0. The van der Waals surface area contributed by atoms with Crippen molar-refractivity contribution >= 4 is 23.1 Å². The average molecular weight is 354 g/mol. The third-order valence-corrected chi connectivity index (χ3v) is 3.74. The Morgan fingerprint density at radius 1 is 1.28 bits per heavy atom. The molecule has 6 N–H and O–H groups in total. The molecule has 2 heterocycles. The van der Waals surface area contributed by atoms with E-state index in [1.165, 1.54) is 17.4 Å². The number of nitrogen functional groups attached to an aromatic ring is 2. The average Bonchev–Trinajstić information content (AvgIpc) is 2.89. The number of aromatic amines is 1. The Morgan fingerprint density at radius 3 is 2.80 bits per heavy atom. The molecule has 0 amide bonds. The maximum absolute atomic E-state index is 11.8. The first-order valence-corrected chi connectivity index (χ1v) is 8.38. The molecule has 0 saturated carbocycles. The summed E-state index contributed by atoms with van der Waals surface area (Å²) in [5.41, 5.74) is 11.2. The van der Waals surface area contributed by atoms with Gasteiger partial charge in [-0.1, -0.05) is 26.2 Å². The van der Waals surface area contributed by atoms with Crippen LogP contribution in [0.2, 0.25) is 0 Å². The Labute approximate surface area is 145 Å². The molecule has 0 spiro atoms. The maximum Gasteiger partial charge on any atom is 0.280 e. The molecule has 2 rings (SSSR count). The summed E-state index contributed by atoms with van der Waals surface area (Å²) in [5.74, 6) is 0.0449. The molecule has 0 saturated heterocycles. The van der Waals surface area contributed by atoms with Crippen molar-refractivity contribution in [3.8, 4) is 0 Å². The standard InChI is InChI=1S/C15H26N6O4/c1-2-3-4-5-6-24-8-10(7-22)25-9-21-12-11(18-15(21)17)13(23)20-14(16)19-12/h10,22H,2-9H2,1H3,(H2,17,18)(H3,16,19,20,23). The van der Waals surface area contributed by atoms with Crippen molar-refractivity contribution in [3.05, 3.63) is 10.4 Å². The van der Waals surface area contributed by atoms with Crippen molar-refractivity contribution in [1.82, 2.24) is 19.5 Å². The van der Waals surface area contributed by atoms with Gasteiger partial charge in [-0.3, -0.25) is 14.3 Å². The van der Waals surface area contributed by atoms with Crippen molar-refractivity contribution < 1.29 is 14.6 Å². The summed E-state index contributed by atoms with van der Waals surface area (Å²) in [4.78, 5) is 22.2. The fraction of sp³-hybridized carbons (Fsp3) is 0.667. The van der Waals surface area contributed by atoms with Crippen LogP contribution in [0.1, 0.15) is 32.6 Å². The highest BCUT2D eigenvalue weighted by Gasteiger charge is 2.16. The summed E-state index contributed by atoms with van der Waals surface area (Å²) < 4.78 is 12.6. The molecule has 1 unspecified atom stereocenters. The van der Waals surface area contributed by atoms with Gasteiger partial charge < -0.3 is 26.0 Å². The number of unbranched alkanes of at least 4 members (excludes halogenated alkanes) is 3. The summed E-state index contributed by atoms with van der Waals surface area (Å²) in [6.07, 6.45) is 3.95. The highest BCUT2D eigenvalue weighted by molar-refractivity contribution is 5.73. The second kappa shape index (κ2) is 9.35. The second-order valence-electron chi connectivity index (χ2n) is 5.76. The van der Waals surface area contributed by atoms with Crippen LogP contribution in [0.5, 0.6) is 0 Å². The van der Waals surface area contributed by atoms with Crippen LogP contribution in [-0.2, 0) is 16.2 Å². The molecule has 0 aliphatic heterocycles. The zero-order valence-corrected chi connectivity index (χ0v) is 14.4. The minimum absolute atomic E-state index is 0.0252. The number of fused-ring (bicyclic) bond motifs is 1. The molecule has 0 aromatic carbocycles. The van der Waals surface area contributed by atoms with Gasteiger partial charge in [0.15, 0.2) is 11.2 Å². The third-order valence-electron chi connectivity index (χ3n) is 3.74. The van der Waals surface area contributed by atoms with Crippen molar-refractivity contribution in [2.45, 2.75) is 45.4 Å². The lowest BCUT2D eigenvalue weighted by molar-refractivity contribution is -0.0663.